The molecule has 6 rings (SSSR count). The predicted molar refractivity (Wildman–Crippen MR) is 114 cm³/mol. The van der Waals surface area contributed by atoms with Gasteiger partial charge in [-0.15, -0.1) is 0 Å². The van der Waals surface area contributed by atoms with Crippen molar-refractivity contribution < 1.29 is 9.32 Å². The molecule has 1 aromatic carbocycles. The Morgan fingerprint density at radius 1 is 1.13 bits per heavy atom. The number of carbonyl (C=O) groups excluding carboxylic acids is 1. The second kappa shape index (κ2) is 7.28. The zero-order chi connectivity index (χ0) is 20.8. The third-order valence-corrected chi connectivity index (χ3v) is 6.05. The van der Waals surface area contributed by atoms with E-state index in [1.54, 1.807) is 17.4 Å². The van der Waals surface area contributed by atoms with Gasteiger partial charge in [-0.05, 0) is 43.7 Å². The van der Waals surface area contributed by atoms with Crippen LogP contribution >= 0.6 is 0 Å². The molecule has 1 saturated heterocycles. The van der Waals surface area contributed by atoms with Crippen molar-refractivity contribution in [2.24, 2.45) is 4.99 Å². The summed E-state index contributed by atoms with van der Waals surface area (Å²) in [5, 5.41) is 7.53. The molecule has 0 saturated carbocycles. The molecule has 3 aromatic rings. The minimum Gasteiger partial charge on any atom is -0.337 e. The lowest BCUT2D eigenvalue weighted by atomic mass is 10.0. The number of pyridine rings is 1. The molecule has 2 aromatic heterocycles. The van der Waals surface area contributed by atoms with Crippen LogP contribution in [0.25, 0.3) is 0 Å². The quantitative estimate of drug-likeness (QED) is 0.698. The second-order valence-electron chi connectivity index (χ2n) is 7.94. The summed E-state index contributed by atoms with van der Waals surface area (Å²) in [4.78, 5) is 31.0. The number of aromatic nitrogens is 3. The molecule has 3 unspecified atom stereocenters. The normalized spacial score (nSPS) is 24.5. The molecule has 3 atom stereocenters. The number of benzene rings is 1. The van der Waals surface area contributed by atoms with Crippen molar-refractivity contribution in [2.75, 3.05) is 16.3 Å². The molecule has 1 fully saturated rings. The molecule has 3 aliphatic heterocycles. The van der Waals surface area contributed by atoms with E-state index in [1.807, 2.05) is 47.4 Å². The number of aliphatic imine (C=N–C) groups is 1. The monoisotopic (exact) mass is 415 g/mol. The van der Waals surface area contributed by atoms with Gasteiger partial charge in [0.05, 0.1) is 36.0 Å². The van der Waals surface area contributed by atoms with Crippen molar-refractivity contribution in [3.05, 3.63) is 66.1 Å². The molecule has 156 valence electrons. The van der Waals surface area contributed by atoms with E-state index in [1.165, 1.54) is 0 Å². The summed E-state index contributed by atoms with van der Waals surface area (Å²) in [6.07, 6.45) is 5.51. The van der Waals surface area contributed by atoms with Gasteiger partial charge in [0.1, 0.15) is 6.04 Å². The van der Waals surface area contributed by atoms with E-state index in [0.29, 0.717) is 18.3 Å². The van der Waals surface area contributed by atoms with Crippen LogP contribution in [0.15, 0.2) is 58.2 Å². The van der Waals surface area contributed by atoms with Crippen molar-refractivity contribution >= 4 is 23.6 Å². The molecule has 1 N–H and O–H groups in total. The van der Waals surface area contributed by atoms with Crippen LogP contribution in [0.5, 0.6) is 0 Å². The minimum atomic E-state index is -0.566. The topological polar surface area (TPSA) is 99.8 Å². The number of carbonyl (C=O) groups is 1. The van der Waals surface area contributed by atoms with Gasteiger partial charge >= 0.3 is 0 Å². The van der Waals surface area contributed by atoms with Crippen LogP contribution in [-0.4, -0.2) is 40.0 Å². The van der Waals surface area contributed by atoms with Crippen LogP contribution < -0.4 is 15.1 Å². The van der Waals surface area contributed by atoms with Crippen LogP contribution in [0.1, 0.15) is 42.3 Å². The number of rotatable bonds is 4. The van der Waals surface area contributed by atoms with Gasteiger partial charge in [-0.3, -0.25) is 14.8 Å². The molecular formula is C22H21N7O2. The number of nitrogens with zero attached hydrogens (tertiary/aromatic N) is 6. The third kappa shape index (κ3) is 3.00. The summed E-state index contributed by atoms with van der Waals surface area (Å²) < 4.78 is 5.58. The molecule has 0 aliphatic carbocycles. The highest BCUT2D eigenvalue weighted by Gasteiger charge is 2.48. The third-order valence-electron chi connectivity index (χ3n) is 6.05. The fraction of sp³-hybridized carbons (Fsp3) is 0.318. The Morgan fingerprint density at radius 3 is 2.81 bits per heavy atom. The summed E-state index contributed by atoms with van der Waals surface area (Å²) in [7, 11) is 0. The van der Waals surface area contributed by atoms with Crippen LogP contribution in [0.4, 0.5) is 11.4 Å². The SMILES string of the molecule is O=C1C2C(c3nc(C4CCCN4)no3)N=CN2c2ccccc2N1Cc1ccccn1. The zero-order valence-electron chi connectivity index (χ0n) is 16.8. The summed E-state index contributed by atoms with van der Waals surface area (Å²) in [6, 6.07) is 12.5. The van der Waals surface area contributed by atoms with Crippen LogP contribution in [0, 0.1) is 0 Å². The molecule has 5 heterocycles. The minimum absolute atomic E-state index is 0.0643. The van der Waals surface area contributed by atoms with E-state index in [9.17, 15) is 4.79 Å². The van der Waals surface area contributed by atoms with Gasteiger partial charge in [0.2, 0.25) is 0 Å². The highest BCUT2D eigenvalue weighted by Crippen LogP contribution is 2.42. The number of anilines is 2. The standard InChI is InChI=1S/C22H21N7O2/c30-22-19-18(21-26-20(27-31-21)15-7-5-11-24-15)25-13-29(19)17-9-2-1-8-16(17)28(22)12-14-6-3-4-10-23-14/h1-4,6,8-10,13,15,18-19,24H,5,7,11-12H2. The number of amides is 1. The van der Waals surface area contributed by atoms with Crippen molar-refractivity contribution in [1.29, 1.82) is 0 Å². The smallest absolute Gasteiger partial charge is 0.254 e. The molecule has 0 spiro atoms. The molecule has 0 bridgehead atoms. The van der Waals surface area contributed by atoms with Gasteiger partial charge in [-0.1, -0.05) is 23.4 Å². The Bertz CT molecular complexity index is 1140. The van der Waals surface area contributed by atoms with E-state index >= 15 is 0 Å². The number of hydrogen-bond acceptors (Lipinski definition) is 8. The van der Waals surface area contributed by atoms with Gasteiger partial charge in [0, 0.05) is 6.20 Å². The summed E-state index contributed by atoms with van der Waals surface area (Å²) in [5.74, 6) is 0.943. The van der Waals surface area contributed by atoms with Gasteiger partial charge in [0.25, 0.3) is 11.8 Å². The van der Waals surface area contributed by atoms with Crippen LogP contribution in [-0.2, 0) is 11.3 Å². The highest BCUT2D eigenvalue weighted by molar-refractivity contribution is 6.11. The highest BCUT2D eigenvalue weighted by atomic mass is 16.5. The van der Waals surface area contributed by atoms with Crippen molar-refractivity contribution in [1.82, 2.24) is 20.4 Å². The lowest BCUT2D eigenvalue weighted by Gasteiger charge is -2.39. The van der Waals surface area contributed by atoms with Gasteiger partial charge in [-0.25, -0.2) is 0 Å². The number of fused-ring (bicyclic) bond motifs is 3. The van der Waals surface area contributed by atoms with E-state index in [2.05, 4.69) is 25.4 Å². The largest absolute Gasteiger partial charge is 0.337 e. The van der Waals surface area contributed by atoms with E-state index < -0.39 is 12.1 Å². The lowest BCUT2D eigenvalue weighted by Crippen LogP contribution is -2.52. The number of nitrogens with one attached hydrogen (secondary N) is 1. The molecule has 9 nitrogen and oxygen atoms in total. The second-order valence-corrected chi connectivity index (χ2v) is 7.94. The summed E-state index contributed by atoms with van der Waals surface area (Å²) in [6.45, 7) is 1.33. The number of hydrogen-bond donors (Lipinski definition) is 1. The average Bonchev–Trinajstić information content (AvgIpc) is 3.57. The van der Waals surface area contributed by atoms with Crippen molar-refractivity contribution in [3.63, 3.8) is 0 Å². The molecule has 31 heavy (non-hydrogen) atoms. The van der Waals surface area contributed by atoms with Crippen LogP contribution in [0.3, 0.4) is 0 Å². The molecule has 0 radical (unpaired) electrons. The van der Waals surface area contributed by atoms with E-state index in [4.69, 9.17) is 4.52 Å². The first-order valence-electron chi connectivity index (χ1n) is 10.5. The molecule has 3 aliphatic rings. The van der Waals surface area contributed by atoms with E-state index in [0.717, 1.165) is 36.5 Å². The number of para-hydroxylation sites is 2. The zero-order valence-corrected chi connectivity index (χ0v) is 16.8. The first-order chi connectivity index (χ1) is 15.3. The molecule has 9 heteroatoms. The van der Waals surface area contributed by atoms with Crippen LogP contribution in [0.2, 0.25) is 0 Å². The lowest BCUT2D eigenvalue weighted by molar-refractivity contribution is -0.120. The first-order valence-corrected chi connectivity index (χ1v) is 10.5. The maximum Gasteiger partial charge on any atom is 0.254 e. The Labute approximate surface area is 178 Å². The van der Waals surface area contributed by atoms with Gasteiger partial charge in [0.15, 0.2) is 11.9 Å². The summed E-state index contributed by atoms with van der Waals surface area (Å²) in [5.41, 5.74) is 2.58. The van der Waals surface area contributed by atoms with Crippen molar-refractivity contribution in [3.8, 4) is 0 Å². The Balaban J connectivity index is 1.35. The fourth-order valence-electron chi connectivity index (χ4n) is 4.53. The maximum absolute atomic E-state index is 13.7. The van der Waals surface area contributed by atoms with Gasteiger partial charge in [-0.2, -0.15) is 4.98 Å². The first kappa shape index (κ1) is 18.2. The predicted octanol–water partition coefficient (Wildman–Crippen LogP) is 2.39. The Morgan fingerprint density at radius 2 is 2.00 bits per heavy atom. The summed E-state index contributed by atoms with van der Waals surface area (Å²) >= 11 is 0. The Hall–Kier alpha value is -3.59. The Kier molecular flexibility index (Phi) is 4.27. The molecular weight excluding hydrogens is 394 g/mol. The average molecular weight is 415 g/mol. The van der Waals surface area contributed by atoms with E-state index in [-0.39, 0.29) is 11.9 Å². The fourth-order valence-corrected chi connectivity index (χ4v) is 4.53. The molecule has 1 amide bonds. The maximum atomic E-state index is 13.7. The van der Waals surface area contributed by atoms with Crippen molar-refractivity contribution in [2.45, 2.75) is 37.5 Å². The van der Waals surface area contributed by atoms with Gasteiger partial charge < -0.3 is 19.6 Å².